The number of carbonyl (C=O) groups is 2. The highest BCUT2D eigenvalue weighted by atomic mass is 16.3. The van der Waals surface area contributed by atoms with Gasteiger partial charge < -0.3 is 10.0 Å². The number of aromatic nitrogens is 1. The lowest BCUT2D eigenvalue weighted by atomic mass is 9.95. The Hall–Kier alpha value is -4.00. The van der Waals surface area contributed by atoms with Crippen molar-refractivity contribution in [3.05, 3.63) is 51.3 Å². The van der Waals surface area contributed by atoms with Gasteiger partial charge in [-0.3, -0.25) is 14.4 Å². The van der Waals surface area contributed by atoms with E-state index in [1.807, 2.05) is 11.0 Å². The van der Waals surface area contributed by atoms with Gasteiger partial charge in [-0.25, -0.2) is 5.01 Å². The van der Waals surface area contributed by atoms with Crippen LogP contribution in [0.2, 0.25) is 0 Å². The second-order valence-electron chi connectivity index (χ2n) is 11.2. The average Bonchev–Trinajstić information content (AvgIpc) is 3.00. The molecule has 10 nitrogen and oxygen atoms in total. The molecule has 0 aliphatic carbocycles. The summed E-state index contributed by atoms with van der Waals surface area (Å²) in [4.78, 5) is 40.8. The Balaban J connectivity index is 2.39. The number of azo groups is 1. The lowest BCUT2D eigenvalue weighted by Crippen LogP contribution is -2.42. The number of hydrogen-bond donors (Lipinski definition) is 1. The van der Waals surface area contributed by atoms with E-state index >= 15 is 0 Å². The van der Waals surface area contributed by atoms with Gasteiger partial charge in [-0.15, -0.1) is 5.11 Å². The predicted octanol–water partition coefficient (Wildman–Crippen LogP) is 7.14. The summed E-state index contributed by atoms with van der Waals surface area (Å²) in [7, 11) is 1.30. The molecule has 1 N–H and O–H groups in total. The Bertz CT molecular complexity index is 1340. The summed E-state index contributed by atoms with van der Waals surface area (Å²) in [6.45, 7) is 13.0. The van der Waals surface area contributed by atoms with Crippen LogP contribution in [0.25, 0.3) is 0 Å². The quantitative estimate of drug-likeness (QED) is 0.207. The highest BCUT2D eigenvalue weighted by Crippen LogP contribution is 2.27. The average molecular weight is 593 g/mol. The third kappa shape index (κ3) is 9.24. The minimum atomic E-state index is -0.792. The van der Waals surface area contributed by atoms with Gasteiger partial charge in [0.15, 0.2) is 5.69 Å². The zero-order valence-electron chi connectivity index (χ0n) is 26.9. The molecule has 1 aromatic heterocycles. The highest BCUT2D eigenvalue weighted by Gasteiger charge is 2.24. The van der Waals surface area contributed by atoms with Crippen LogP contribution in [0, 0.1) is 30.1 Å². The summed E-state index contributed by atoms with van der Waals surface area (Å²) in [5.74, 6) is -0.253. The minimum absolute atomic E-state index is 0.00316. The van der Waals surface area contributed by atoms with E-state index < -0.39 is 17.3 Å². The smallest absolute Gasteiger partial charge is 0.300 e. The first-order chi connectivity index (χ1) is 20.5. The van der Waals surface area contributed by atoms with Crippen LogP contribution in [0.1, 0.15) is 107 Å². The third-order valence-electron chi connectivity index (χ3n) is 8.13. The predicted molar refractivity (Wildman–Crippen MR) is 170 cm³/mol. The number of amides is 2. The van der Waals surface area contributed by atoms with Crippen LogP contribution in [0.4, 0.5) is 11.4 Å². The van der Waals surface area contributed by atoms with Gasteiger partial charge in [-0.05, 0) is 55.9 Å². The molecule has 1 aromatic carbocycles. The molecule has 10 heteroatoms. The van der Waals surface area contributed by atoms with E-state index in [0.29, 0.717) is 27.8 Å². The summed E-state index contributed by atoms with van der Waals surface area (Å²) in [6, 6.07) is 8.63. The van der Waals surface area contributed by atoms with Gasteiger partial charge >= 0.3 is 5.56 Å². The molecular formula is C33H48N6O4. The zero-order valence-corrected chi connectivity index (χ0v) is 26.9. The summed E-state index contributed by atoms with van der Waals surface area (Å²) >= 11 is 0. The van der Waals surface area contributed by atoms with Crippen molar-refractivity contribution >= 4 is 23.2 Å². The molecule has 0 aliphatic rings. The maximum atomic E-state index is 13.8. The van der Waals surface area contributed by atoms with Crippen molar-refractivity contribution in [2.45, 2.75) is 92.9 Å². The molecule has 43 heavy (non-hydrogen) atoms. The maximum Gasteiger partial charge on any atom is 0.300 e. The molecule has 0 aliphatic heterocycles. The molecule has 0 radical (unpaired) electrons. The van der Waals surface area contributed by atoms with E-state index in [-0.39, 0.29) is 22.7 Å². The van der Waals surface area contributed by atoms with E-state index in [1.54, 1.807) is 24.3 Å². The van der Waals surface area contributed by atoms with Crippen molar-refractivity contribution in [2.24, 2.45) is 22.1 Å². The fourth-order valence-electron chi connectivity index (χ4n) is 5.08. The van der Waals surface area contributed by atoms with Gasteiger partial charge in [-0.1, -0.05) is 66.2 Å². The molecule has 234 valence electrons. The Kier molecular flexibility index (Phi) is 14.1. The molecule has 2 rings (SSSR count). The molecule has 2 unspecified atom stereocenters. The molecule has 0 saturated heterocycles. The monoisotopic (exact) mass is 592 g/mol. The van der Waals surface area contributed by atoms with Crippen LogP contribution in [-0.4, -0.2) is 46.6 Å². The van der Waals surface area contributed by atoms with E-state index in [0.717, 1.165) is 69.5 Å². The number of unbranched alkanes of at least 4 members (excludes halogenated alkanes) is 2. The van der Waals surface area contributed by atoms with Crippen LogP contribution in [0.3, 0.4) is 0 Å². The van der Waals surface area contributed by atoms with Crippen LogP contribution in [-0.2, 0) is 4.79 Å². The van der Waals surface area contributed by atoms with E-state index in [9.17, 15) is 24.8 Å². The van der Waals surface area contributed by atoms with Gasteiger partial charge in [-0.2, -0.15) is 15.1 Å². The second-order valence-corrected chi connectivity index (χ2v) is 11.2. The highest BCUT2D eigenvalue weighted by molar-refractivity contribution is 5.94. The van der Waals surface area contributed by atoms with Gasteiger partial charge in [0.1, 0.15) is 11.6 Å². The molecule has 0 saturated carbocycles. The molecule has 2 atom stereocenters. The first-order valence-electron chi connectivity index (χ1n) is 15.5. The molecule has 0 fully saturated rings. The van der Waals surface area contributed by atoms with E-state index in [1.165, 1.54) is 20.9 Å². The van der Waals surface area contributed by atoms with Crippen molar-refractivity contribution in [3.63, 3.8) is 0 Å². The van der Waals surface area contributed by atoms with Crippen molar-refractivity contribution in [1.82, 2.24) is 9.58 Å². The molecule has 0 bridgehead atoms. The fraction of sp³-hybridized carbons (Fsp3) is 0.576. The SMILES string of the molecule is CCCCC(CC)CN(CC(CC)CCCC)C(=O)c1ccc(N=Nc2c(C)c(C#N)c(O)n(N(C)C(C)=O)c2=O)cc1. The first-order valence-corrected chi connectivity index (χ1v) is 15.5. The lowest BCUT2D eigenvalue weighted by Gasteiger charge is -2.31. The van der Waals surface area contributed by atoms with E-state index in [2.05, 4.69) is 37.9 Å². The molecule has 0 spiro atoms. The van der Waals surface area contributed by atoms with Gasteiger partial charge in [0, 0.05) is 38.2 Å². The molecule has 2 aromatic rings. The Labute approximate surface area is 256 Å². The van der Waals surface area contributed by atoms with Crippen LogP contribution >= 0.6 is 0 Å². The number of nitriles is 1. The topological polar surface area (TPSA) is 131 Å². The Morgan fingerprint density at radius 1 is 0.977 bits per heavy atom. The lowest BCUT2D eigenvalue weighted by molar-refractivity contribution is -0.117. The maximum absolute atomic E-state index is 13.8. The normalized spacial score (nSPS) is 12.6. The number of benzene rings is 1. The Morgan fingerprint density at radius 3 is 1.95 bits per heavy atom. The summed E-state index contributed by atoms with van der Waals surface area (Å²) in [5, 5.41) is 29.2. The van der Waals surface area contributed by atoms with Crippen molar-refractivity contribution < 1.29 is 14.7 Å². The largest absolute Gasteiger partial charge is 0.492 e. The Morgan fingerprint density at radius 2 is 1.51 bits per heavy atom. The molecule has 2 amide bonds. The number of nitrogens with zero attached hydrogens (tertiary/aromatic N) is 6. The van der Waals surface area contributed by atoms with Crippen molar-refractivity contribution in [3.8, 4) is 11.9 Å². The number of aromatic hydroxyl groups is 1. The van der Waals surface area contributed by atoms with Crippen molar-refractivity contribution in [1.29, 1.82) is 5.26 Å². The van der Waals surface area contributed by atoms with Crippen molar-refractivity contribution in [2.75, 3.05) is 25.1 Å². The fourth-order valence-corrected chi connectivity index (χ4v) is 5.08. The summed E-state index contributed by atoms with van der Waals surface area (Å²) in [5.41, 5.74) is -0.0386. The van der Waals surface area contributed by atoms with Gasteiger partial charge in [0.2, 0.25) is 11.8 Å². The molecule has 1 heterocycles. The second kappa shape index (κ2) is 17.2. The first kappa shape index (κ1) is 35.2. The number of pyridine rings is 1. The van der Waals surface area contributed by atoms with Crippen LogP contribution in [0.15, 0.2) is 39.3 Å². The minimum Gasteiger partial charge on any atom is -0.492 e. The standard InChI is InChI=1S/C33H48N6O4/c1-8-12-14-25(10-3)21-38(22-26(11-4)15-13-9-2)31(41)27-16-18-28(19-17-27)35-36-30-23(5)29(20-34)32(42)39(33(30)43)37(7)24(6)40/h16-19,25-26,42H,8-15,21-22H2,1-7H3. The van der Waals surface area contributed by atoms with Crippen LogP contribution < -0.4 is 10.6 Å². The van der Waals surface area contributed by atoms with Crippen LogP contribution in [0.5, 0.6) is 5.88 Å². The summed E-state index contributed by atoms with van der Waals surface area (Å²) < 4.78 is 0.701. The van der Waals surface area contributed by atoms with Gasteiger partial charge in [0.25, 0.3) is 5.91 Å². The third-order valence-corrected chi connectivity index (χ3v) is 8.13. The van der Waals surface area contributed by atoms with E-state index in [4.69, 9.17) is 0 Å². The number of hydrogen-bond acceptors (Lipinski definition) is 7. The van der Waals surface area contributed by atoms with Gasteiger partial charge in [0.05, 0.1) is 5.69 Å². The summed E-state index contributed by atoms with van der Waals surface area (Å²) in [6.07, 6.45) is 8.85. The zero-order chi connectivity index (χ0) is 32.1. The number of carbonyl (C=O) groups excluding carboxylic acids is 2. The molecular weight excluding hydrogens is 544 g/mol. The number of rotatable bonds is 16.